The number of anilines is 4. The Labute approximate surface area is 781 Å². The van der Waals surface area contributed by atoms with Crippen molar-refractivity contribution in [2.45, 2.75) is 211 Å². The summed E-state index contributed by atoms with van der Waals surface area (Å²) in [5.74, 6) is 5.79. The molecule has 2 saturated heterocycles. The first-order valence-corrected chi connectivity index (χ1v) is 48.2. The zero-order valence-electron chi connectivity index (χ0n) is 78.5. The zero-order valence-corrected chi connectivity index (χ0v) is 83.3. The predicted molar refractivity (Wildman–Crippen MR) is 531 cm³/mol. The second kappa shape index (κ2) is 44.7. The number of pyridine rings is 4. The van der Waals surface area contributed by atoms with Crippen molar-refractivity contribution in [1.82, 2.24) is 55.0 Å². The van der Waals surface area contributed by atoms with Crippen LogP contribution in [0.5, 0.6) is 46.0 Å². The first-order chi connectivity index (χ1) is 60.5. The van der Waals surface area contributed by atoms with Gasteiger partial charge in [0, 0.05) is 155 Å². The first-order valence-electron chi connectivity index (χ1n) is 44.0. The Bertz CT molecular complexity index is 5600. The number of fused-ring (bicyclic) bond motifs is 4. The highest BCUT2D eigenvalue weighted by molar-refractivity contribution is 7.15. The lowest BCUT2D eigenvalue weighted by molar-refractivity contribution is 0.0322. The Morgan fingerprint density at radius 3 is 1.02 bits per heavy atom. The van der Waals surface area contributed by atoms with E-state index in [9.17, 15) is 0 Å². The van der Waals surface area contributed by atoms with Crippen LogP contribution in [0.2, 0.25) is 10.0 Å². The number of likely N-dealkylation sites (N-methyl/N-ethyl adjacent to an activating group) is 1. The van der Waals surface area contributed by atoms with E-state index in [1.165, 1.54) is 0 Å². The van der Waals surface area contributed by atoms with E-state index in [2.05, 4.69) is 124 Å². The fourth-order valence-corrected chi connectivity index (χ4v) is 17.0. The molecule has 0 unspecified atom stereocenters. The van der Waals surface area contributed by atoms with E-state index in [0.717, 1.165) is 195 Å². The number of ether oxygens (including phenoxy) is 10. The maximum atomic E-state index is 6.83. The van der Waals surface area contributed by atoms with Gasteiger partial charge in [-0.05, 0) is 207 Å². The van der Waals surface area contributed by atoms with Gasteiger partial charge in [-0.3, -0.25) is 9.80 Å². The summed E-state index contributed by atoms with van der Waals surface area (Å²) in [5, 5.41) is 32.7. The number of halogens is 2. The fourth-order valence-electron chi connectivity index (χ4n) is 13.1. The molecule has 26 nitrogen and oxygen atoms in total. The van der Waals surface area contributed by atoms with Gasteiger partial charge in [0.2, 0.25) is 0 Å². The molecule has 128 heavy (non-hydrogen) atoms. The number of nitrogens with two attached hydrogens (primary N) is 1. The van der Waals surface area contributed by atoms with E-state index >= 15 is 0 Å². The molecule has 0 radical (unpaired) electrons. The third kappa shape index (κ3) is 30.5. The van der Waals surface area contributed by atoms with Gasteiger partial charge in [-0.15, -0.1) is 45.3 Å². The van der Waals surface area contributed by atoms with Crippen LogP contribution in [0.4, 0.5) is 20.5 Å². The third-order valence-corrected chi connectivity index (χ3v) is 22.3. The van der Waals surface area contributed by atoms with Crippen LogP contribution in [0.25, 0.3) is 89.2 Å². The van der Waals surface area contributed by atoms with Crippen LogP contribution >= 0.6 is 68.5 Å². The largest absolute Gasteiger partial charge is 0.492 e. The van der Waals surface area contributed by atoms with Crippen molar-refractivity contribution in [2.75, 3.05) is 126 Å². The number of rotatable bonds is 32. The van der Waals surface area contributed by atoms with Gasteiger partial charge in [-0.1, -0.05) is 30.1 Å². The Morgan fingerprint density at radius 1 is 0.383 bits per heavy atom. The maximum absolute atomic E-state index is 6.83. The molecule has 0 atom stereocenters. The van der Waals surface area contributed by atoms with Crippen molar-refractivity contribution >= 4 is 133 Å². The van der Waals surface area contributed by atoms with Gasteiger partial charge in [-0.25, -0.2) is 39.9 Å². The lowest BCUT2D eigenvalue weighted by Crippen LogP contribution is -2.38. The van der Waals surface area contributed by atoms with E-state index in [1.807, 2.05) is 183 Å². The highest BCUT2D eigenvalue weighted by Crippen LogP contribution is 2.44. The molecule has 32 heteroatoms. The first kappa shape index (κ1) is 99.6. The minimum atomic E-state index is -0.478. The molecule has 0 bridgehead atoms. The average Bonchev–Trinajstić information content (AvgIpc) is 1.18. The smallest absolute Gasteiger partial charge is 0.183 e. The van der Waals surface area contributed by atoms with Crippen molar-refractivity contribution in [2.24, 2.45) is 5.73 Å². The molecular formula is C96H130Cl2N16O10S4. The van der Waals surface area contributed by atoms with E-state index in [1.54, 1.807) is 45.3 Å². The molecule has 2 aliphatic heterocycles. The molecular weight excluding hydrogens is 1740 g/mol. The molecule has 2 fully saturated rings. The van der Waals surface area contributed by atoms with Gasteiger partial charge in [0.05, 0.1) is 71.3 Å². The molecule has 0 aliphatic carbocycles. The topological polar surface area (TPSA) is 288 Å². The summed E-state index contributed by atoms with van der Waals surface area (Å²) in [7, 11) is 0. The van der Waals surface area contributed by atoms with Crippen LogP contribution in [0.3, 0.4) is 0 Å². The minimum absolute atomic E-state index is 0.296. The van der Waals surface area contributed by atoms with Gasteiger partial charge in [0.25, 0.3) is 0 Å². The van der Waals surface area contributed by atoms with Crippen molar-refractivity contribution in [1.29, 1.82) is 0 Å². The molecule has 12 aromatic rings. The number of benzene rings is 4. The van der Waals surface area contributed by atoms with E-state index in [-0.39, 0.29) is 22.4 Å². The van der Waals surface area contributed by atoms with Crippen molar-refractivity contribution in [3.63, 3.8) is 0 Å². The molecule has 0 amide bonds. The lowest BCUT2D eigenvalue weighted by atomic mass is 10.1. The summed E-state index contributed by atoms with van der Waals surface area (Å²) in [6.07, 6.45) is 0. The molecule has 2 aliphatic rings. The fraction of sp³-hybridized carbons (Fsp3) is 0.500. The normalized spacial score (nSPS) is 13.7. The van der Waals surface area contributed by atoms with Crippen LogP contribution in [-0.4, -0.2) is 207 Å². The number of aromatic nitrogens is 8. The Morgan fingerprint density at radius 2 is 0.695 bits per heavy atom. The summed E-state index contributed by atoms with van der Waals surface area (Å²) < 4.78 is 59.9. The molecule has 4 aromatic carbocycles. The quantitative estimate of drug-likeness (QED) is 0.0214. The second-order valence-electron chi connectivity index (χ2n) is 37.2. The van der Waals surface area contributed by atoms with Gasteiger partial charge < -0.3 is 79.7 Å². The highest BCUT2D eigenvalue weighted by Gasteiger charge is 2.27. The number of nitrogens with zero attached hydrogens (tertiary/aromatic N) is 10. The molecule has 14 rings (SSSR count). The van der Waals surface area contributed by atoms with Crippen LogP contribution in [0.15, 0.2) is 106 Å². The number of hydrogen-bond donors (Lipinski definition) is 6. The van der Waals surface area contributed by atoms with Crippen molar-refractivity contribution in [3.8, 4) is 91.5 Å². The Kier molecular flexibility index (Phi) is 34.8. The maximum Gasteiger partial charge on any atom is 0.183 e. The van der Waals surface area contributed by atoms with E-state index in [0.29, 0.717) is 100 Å². The zero-order chi connectivity index (χ0) is 92.4. The number of thiazole rings is 4. The van der Waals surface area contributed by atoms with E-state index < -0.39 is 5.54 Å². The monoisotopic (exact) mass is 1860 g/mol. The standard InChI is InChI=1S/C25H33ClN4O3S.C25H34N4O3S.C23H31ClN4O2S.C23H32N4O2S/c1-16(2)27-24-29-19(15-34-24)18-14-21(33-25(3,4)5)17-6-7-20(22(26)23(17)28-18)32-13-10-30-8-11-31-12-9-30;1-17(2)26-24-28-22(16-33-24)21-15-23(32-25(3,4)5)19-7-6-18(14-20(19)27-21)31-13-10-29-8-11-30-12-9-29;1-13(2)26-21-28-16(11-31-21)15-10-18(30-22(3,4)5)14-8-9-17(19(24)20(14)27-15)29-12-23(6,7)25;1-7-24-10-11-28-16-8-9-17-18(12-16)26-19(13-21(17)29-23(4,5)6)20-14-30-22(27-20)25-15(2)3/h6-7,14-16H,8-13H2,1-5H3,(H,27,29);6-7,14-17H,8-13H2,1-5H3,(H,26,28);8-11,13H,12,25H2,1-7H3,(H,26,28);8-9,12-15,24H,7,10-11H2,1-6H3,(H,25,27). The third-order valence-electron chi connectivity index (χ3n) is 18.5. The second-order valence-corrected chi connectivity index (χ2v) is 41.4. The molecule has 0 saturated carbocycles. The van der Waals surface area contributed by atoms with Gasteiger partial charge in [0.15, 0.2) is 20.5 Å². The van der Waals surface area contributed by atoms with Gasteiger partial charge >= 0.3 is 0 Å². The average molecular weight is 1870 g/mol. The van der Waals surface area contributed by atoms with Crippen molar-refractivity contribution in [3.05, 3.63) is 116 Å². The Balaban J connectivity index is 0.000000166. The van der Waals surface area contributed by atoms with Gasteiger partial charge in [0.1, 0.15) is 128 Å². The molecule has 8 aromatic heterocycles. The molecule has 692 valence electrons. The number of morpholine rings is 2. The van der Waals surface area contributed by atoms with Crippen molar-refractivity contribution < 1.29 is 47.4 Å². The Hall–Kier alpha value is -9.02. The summed E-state index contributed by atoms with van der Waals surface area (Å²) in [4.78, 5) is 43.0. The SMILES string of the molecule is CC(C)Nc1nc(-c2cc(OC(C)(C)C)c3ccc(OCC(C)(C)N)c(Cl)c3n2)cs1.CC(C)Nc1nc(-c2cc(OC(C)(C)C)c3ccc(OCCN4CCOCC4)c(Cl)c3n2)cs1.CC(C)Nc1nc(-c2cc(OC(C)(C)C)c3ccc(OCCN4CCOCC4)cc3n2)cs1.CCNCCOc1ccc2c(OC(C)(C)C)cc(-c3csc(NC(C)C)n3)nc2c1. The van der Waals surface area contributed by atoms with Gasteiger partial charge in [-0.2, -0.15) is 0 Å². The lowest BCUT2D eigenvalue weighted by Gasteiger charge is -2.26. The summed E-state index contributed by atoms with van der Waals surface area (Å²) >= 11 is 19.8. The molecule has 10 heterocycles. The molecule has 7 N–H and O–H groups in total. The van der Waals surface area contributed by atoms with Crippen LogP contribution in [0, 0.1) is 0 Å². The summed E-state index contributed by atoms with van der Waals surface area (Å²) in [6.45, 7) is 59.5. The minimum Gasteiger partial charge on any atom is -0.492 e. The van der Waals surface area contributed by atoms with Crippen LogP contribution < -0.4 is 70.2 Å². The summed E-state index contributed by atoms with van der Waals surface area (Å²) in [6, 6.07) is 28.7. The highest BCUT2D eigenvalue weighted by atomic mass is 35.5. The van der Waals surface area contributed by atoms with Crippen LogP contribution in [0.1, 0.15) is 159 Å². The van der Waals surface area contributed by atoms with Crippen LogP contribution in [-0.2, 0) is 9.47 Å². The predicted octanol–water partition coefficient (Wildman–Crippen LogP) is 22.3. The number of hydrogen-bond acceptors (Lipinski definition) is 30. The molecule has 0 spiro atoms. The number of nitrogens with one attached hydrogen (secondary N) is 5. The summed E-state index contributed by atoms with van der Waals surface area (Å²) in [5.41, 5.74) is 13.3. The van der Waals surface area contributed by atoms with E-state index in [4.69, 9.17) is 111 Å².